The van der Waals surface area contributed by atoms with Gasteiger partial charge in [-0.05, 0) is 36.8 Å². The fourth-order valence-corrected chi connectivity index (χ4v) is 4.21. The van der Waals surface area contributed by atoms with Gasteiger partial charge in [0.15, 0.2) is 5.69 Å². The molecule has 1 N–H and O–H groups in total. The number of aromatic nitrogens is 3. The molecule has 2 atom stereocenters. The highest BCUT2D eigenvalue weighted by molar-refractivity contribution is 6.42. The minimum absolute atomic E-state index is 0.00531. The first-order chi connectivity index (χ1) is 17.6. The van der Waals surface area contributed by atoms with Gasteiger partial charge in [-0.3, -0.25) is 9.48 Å². The Kier molecular flexibility index (Phi) is 7.26. The average Bonchev–Trinajstić information content (AvgIpc) is 3.21. The zero-order valence-electron chi connectivity index (χ0n) is 20.0. The summed E-state index contributed by atoms with van der Waals surface area (Å²) >= 11 is 5.95. The summed E-state index contributed by atoms with van der Waals surface area (Å²) in [5, 5.41) is 4.24. The molecule has 7 nitrogen and oxygen atoms in total. The third-order valence-electron chi connectivity index (χ3n) is 6.06. The molecule has 2 aromatic heterocycles. The highest BCUT2D eigenvalue weighted by Crippen LogP contribution is 2.41. The van der Waals surface area contributed by atoms with Crippen LogP contribution in [-0.2, 0) is 18.0 Å². The number of aryl methyl sites for hydroxylation is 1. The van der Waals surface area contributed by atoms with Crippen LogP contribution in [0.15, 0.2) is 48.8 Å². The molecule has 196 valence electrons. The number of carbonyl (C=O) groups excluding carboxylic acids is 1. The number of rotatable bonds is 5. The van der Waals surface area contributed by atoms with Crippen molar-refractivity contribution in [1.29, 1.82) is 0 Å². The van der Waals surface area contributed by atoms with E-state index in [0.29, 0.717) is 27.2 Å². The lowest BCUT2D eigenvalue weighted by Crippen LogP contribution is -2.74. The molecular weight excluding hydrogens is 530 g/mol. The van der Waals surface area contributed by atoms with Crippen LogP contribution < -0.4 is 5.32 Å². The molecule has 1 aliphatic rings. The van der Waals surface area contributed by atoms with Gasteiger partial charge in [0.05, 0.1) is 23.0 Å². The largest absolute Gasteiger partial charge is 0.417 e. The lowest BCUT2D eigenvalue weighted by atomic mass is 9.58. The number of anilines is 1. The molecule has 2 unspecified atom stereocenters. The Morgan fingerprint density at radius 3 is 2.42 bits per heavy atom. The van der Waals surface area contributed by atoms with Crippen molar-refractivity contribution < 1.29 is 31.5 Å². The second-order valence-corrected chi connectivity index (χ2v) is 9.23. The van der Waals surface area contributed by atoms with E-state index in [0.717, 1.165) is 12.1 Å². The van der Waals surface area contributed by atoms with E-state index in [4.69, 9.17) is 32.0 Å². The fraction of sp³-hybridized carbons (Fsp3) is 0.348. The SMILES string of the molecule is [B]C1([B])N(C(=O)c2nn(C)cc2-c2ccc(Cl)cc2)C(CNc2ccc(C(F)(F)F)cn2)C(C)OC1(F)F. The molecule has 0 saturated carbocycles. The Morgan fingerprint density at radius 2 is 1.84 bits per heavy atom. The maximum Gasteiger partial charge on any atom is 0.417 e. The van der Waals surface area contributed by atoms with E-state index in [9.17, 15) is 26.7 Å². The van der Waals surface area contributed by atoms with Crippen LogP contribution >= 0.6 is 11.6 Å². The van der Waals surface area contributed by atoms with Gasteiger partial charge in [-0.1, -0.05) is 23.7 Å². The predicted molar refractivity (Wildman–Crippen MR) is 131 cm³/mol. The molecule has 1 fully saturated rings. The number of alkyl halides is 5. The van der Waals surface area contributed by atoms with E-state index >= 15 is 0 Å². The number of hydrogen-bond donors (Lipinski definition) is 1. The highest BCUT2D eigenvalue weighted by atomic mass is 35.5. The number of hydrogen-bond acceptors (Lipinski definition) is 5. The zero-order valence-corrected chi connectivity index (χ0v) is 20.8. The molecule has 4 radical (unpaired) electrons. The quantitative estimate of drug-likeness (QED) is 0.384. The zero-order chi connectivity index (χ0) is 28.0. The molecule has 0 bridgehead atoms. The average molecular weight is 550 g/mol. The number of ether oxygens (including phenoxy) is 1. The Morgan fingerprint density at radius 1 is 1.18 bits per heavy atom. The van der Waals surface area contributed by atoms with E-state index in [1.54, 1.807) is 31.3 Å². The topological polar surface area (TPSA) is 72.3 Å². The summed E-state index contributed by atoms with van der Waals surface area (Å²) in [6.45, 7) is 0.995. The van der Waals surface area contributed by atoms with Gasteiger partial charge >= 0.3 is 12.3 Å². The third-order valence-corrected chi connectivity index (χ3v) is 6.31. The van der Waals surface area contributed by atoms with Crippen molar-refractivity contribution in [1.82, 2.24) is 19.7 Å². The number of halogens is 6. The maximum atomic E-state index is 14.9. The van der Waals surface area contributed by atoms with Crippen LogP contribution in [0.4, 0.5) is 27.8 Å². The van der Waals surface area contributed by atoms with Gasteiger partial charge in [0.1, 0.15) is 21.5 Å². The molecule has 15 heteroatoms. The van der Waals surface area contributed by atoms with Crippen molar-refractivity contribution in [2.75, 3.05) is 11.9 Å². The molecule has 1 aromatic carbocycles. The predicted octanol–water partition coefficient (Wildman–Crippen LogP) is 4.08. The lowest BCUT2D eigenvalue weighted by molar-refractivity contribution is -0.319. The van der Waals surface area contributed by atoms with Crippen molar-refractivity contribution in [2.45, 2.75) is 36.7 Å². The van der Waals surface area contributed by atoms with Crippen LogP contribution in [0.2, 0.25) is 5.02 Å². The van der Waals surface area contributed by atoms with Gasteiger partial charge < -0.3 is 15.0 Å². The summed E-state index contributed by atoms with van der Waals surface area (Å²) in [5.41, 5.74) is -0.343. The van der Waals surface area contributed by atoms with Gasteiger partial charge in [-0.15, -0.1) is 0 Å². The molecule has 1 saturated heterocycles. The number of morpholine rings is 1. The third kappa shape index (κ3) is 5.24. The first-order valence-corrected chi connectivity index (χ1v) is 11.5. The molecular formula is C23H19B2ClF5N5O2. The second kappa shape index (κ2) is 9.88. The van der Waals surface area contributed by atoms with Gasteiger partial charge in [0.25, 0.3) is 5.91 Å². The second-order valence-electron chi connectivity index (χ2n) is 8.79. The van der Waals surface area contributed by atoms with Crippen LogP contribution in [-0.4, -0.2) is 71.4 Å². The number of nitrogens with zero attached hydrogens (tertiary/aromatic N) is 4. The minimum Gasteiger partial charge on any atom is -0.368 e. The smallest absolute Gasteiger partial charge is 0.368 e. The number of benzene rings is 1. The van der Waals surface area contributed by atoms with Crippen molar-refractivity contribution in [2.24, 2.45) is 7.05 Å². The Bertz CT molecular complexity index is 1320. The maximum absolute atomic E-state index is 14.9. The summed E-state index contributed by atoms with van der Waals surface area (Å²) < 4.78 is 74.4. The molecule has 1 aliphatic heterocycles. The number of amides is 1. The normalized spacial score (nSPS) is 20.8. The fourth-order valence-electron chi connectivity index (χ4n) is 4.08. The summed E-state index contributed by atoms with van der Waals surface area (Å²) in [6.07, 6.45) is -7.91. The Balaban J connectivity index is 1.69. The molecule has 1 amide bonds. The van der Waals surface area contributed by atoms with Gasteiger partial charge in [0.2, 0.25) is 0 Å². The van der Waals surface area contributed by atoms with E-state index in [2.05, 4.69) is 15.4 Å². The van der Waals surface area contributed by atoms with Crippen molar-refractivity contribution in [3.05, 3.63) is 65.1 Å². The Hall–Kier alpha value is -3.12. The summed E-state index contributed by atoms with van der Waals surface area (Å²) in [6, 6.07) is 7.08. The number of carbonyl (C=O) groups is 1. The molecule has 0 spiro atoms. The first kappa shape index (κ1) is 27.9. The van der Waals surface area contributed by atoms with Crippen LogP contribution in [0.3, 0.4) is 0 Å². The van der Waals surface area contributed by atoms with Crippen LogP contribution in [0.25, 0.3) is 11.1 Å². The molecule has 3 heterocycles. The van der Waals surface area contributed by atoms with Gasteiger partial charge in [0, 0.05) is 36.6 Å². The number of pyridine rings is 1. The molecule has 0 aliphatic carbocycles. The van der Waals surface area contributed by atoms with E-state index < -0.39 is 41.2 Å². The van der Waals surface area contributed by atoms with Gasteiger partial charge in [-0.25, -0.2) is 4.98 Å². The number of nitrogens with one attached hydrogen (secondary N) is 1. The summed E-state index contributed by atoms with van der Waals surface area (Å²) in [7, 11) is 13.2. The van der Waals surface area contributed by atoms with E-state index in [1.165, 1.54) is 17.8 Å². The molecule has 3 aromatic rings. The van der Waals surface area contributed by atoms with Crippen molar-refractivity contribution in [3.8, 4) is 11.1 Å². The van der Waals surface area contributed by atoms with E-state index in [1.807, 2.05) is 0 Å². The van der Waals surface area contributed by atoms with Crippen molar-refractivity contribution in [3.63, 3.8) is 0 Å². The first-order valence-electron chi connectivity index (χ1n) is 11.2. The lowest BCUT2D eigenvalue weighted by Gasteiger charge is -2.54. The van der Waals surface area contributed by atoms with Crippen LogP contribution in [0, 0.1) is 0 Å². The van der Waals surface area contributed by atoms with Crippen LogP contribution in [0.5, 0.6) is 0 Å². The van der Waals surface area contributed by atoms with Crippen molar-refractivity contribution >= 4 is 39.0 Å². The summed E-state index contributed by atoms with van der Waals surface area (Å²) in [5.74, 6) is -1.02. The molecule has 4 rings (SSSR count). The Labute approximate surface area is 222 Å². The summed E-state index contributed by atoms with van der Waals surface area (Å²) in [4.78, 5) is 18.1. The standard InChI is InChI=1S/C23H19B2ClF5N5O2/c1-12-17(10-33-18-8-5-14(9-32-18)21(27,28)29)36(22(24,25)23(30,31)38-12)20(37)19-16(11-35(2)34-19)13-3-6-15(26)7-4-13/h3-9,11-12,17H,10H2,1-2H3,(H,32,33). The monoisotopic (exact) mass is 549 g/mol. The van der Waals surface area contributed by atoms with E-state index in [-0.39, 0.29) is 18.1 Å². The minimum atomic E-state index is -4.59. The van der Waals surface area contributed by atoms with Gasteiger partial charge in [-0.2, -0.15) is 27.1 Å². The highest BCUT2D eigenvalue weighted by Gasteiger charge is 2.60. The molecule has 38 heavy (non-hydrogen) atoms. The van der Waals surface area contributed by atoms with Crippen LogP contribution in [0.1, 0.15) is 23.0 Å².